The van der Waals surface area contributed by atoms with Crippen LogP contribution in [0.25, 0.3) is 0 Å². The van der Waals surface area contributed by atoms with Gasteiger partial charge in [-0.3, -0.25) is 0 Å². The van der Waals surface area contributed by atoms with Crippen molar-refractivity contribution in [3.05, 3.63) is 17.3 Å². The Morgan fingerprint density at radius 3 is 2.00 bits per heavy atom. The van der Waals surface area contributed by atoms with Gasteiger partial charge < -0.3 is 0 Å². The fourth-order valence-electron chi connectivity index (χ4n) is 0.100. The molecule has 0 aromatic rings. The summed E-state index contributed by atoms with van der Waals surface area (Å²) in [5.74, 6) is 0. The number of halogens is 4. The third-order valence-electron chi connectivity index (χ3n) is 0.404. The van der Waals surface area contributed by atoms with E-state index in [1.165, 1.54) is 0 Å². The highest BCUT2D eigenvalue weighted by Gasteiger charge is 2.28. The van der Waals surface area contributed by atoms with Crippen molar-refractivity contribution in [3.63, 3.8) is 0 Å². The van der Waals surface area contributed by atoms with Gasteiger partial charge in [0.05, 0.1) is 0 Å². The lowest BCUT2D eigenvalue weighted by Gasteiger charge is -2.00. The Bertz CT molecular complexity index is 129. The van der Waals surface area contributed by atoms with Gasteiger partial charge in [0.25, 0.3) is 0 Å². The van der Waals surface area contributed by atoms with Crippen LogP contribution in [0.1, 0.15) is 0 Å². The molecule has 0 aliphatic carbocycles. The molecule has 0 aromatic carbocycles. The Morgan fingerprint density at radius 1 is 1.62 bits per heavy atom. The molecule has 0 bridgehead atoms. The summed E-state index contributed by atoms with van der Waals surface area (Å²) in [6.45, 7) is 2.87. The molecule has 0 atom stereocenters. The summed E-state index contributed by atoms with van der Waals surface area (Å²) in [5.41, 5.74) is 1.76. The van der Waals surface area contributed by atoms with Gasteiger partial charge in [-0.25, -0.2) is 0 Å². The zero-order valence-corrected chi connectivity index (χ0v) is 5.23. The second-order valence-electron chi connectivity index (χ2n) is 0.989. The summed E-state index contributed by atoms with van der Waals surface area (Å²) in [6, 6.07) is 0. The number of alkyl halides is 3. The first-order valence-electron chi connectivity index (χ1n) is 1.61. The lowest BCUT2D eigenvalue weighted by molar-refractivity contribution is 0.148. The molecule has 0 aromatic heterocycles. The van der Waals surface area contributed by atoms with Gasteiger partial charge in [0, 0.05) is 0 Å². The van der Waals surface area contributed by atoms with Crippen LogP contribution in [0.5, 0.6) is 0 Å². The standard InChI is InChI=1S/C4H2Cl2F2/c1-2-3(5)4(6,7)8/h1H2. The summed E-state index contributed by atoms with van der Waals surface area (Å²) < 4.78 is 23.2. The molecule has 0 unspecified atom stereocenters. The molecule has 0 radical (unpaired) electrons. The van der Waals surface area contributed by atoms with Gasteiger partial charge in [-0.15, -0.1) is 5.73 Å². The van der Waals surface area contributed by atoms with E-state index in [1.807, 2.05) is 0 Å². The van der Waals surface area contributed by atoms with Crippen LogP contribution >= 0.6 is 23.2 Å². The van der Waals surface area contributed by atoms with Gasteiger partial charge in [-0.1, -0.05) is 18.2 Å². The predicted molar refractivity (Wildman–Crippen MR) is 29.3 cm³/mol. The first-order chi connectivity index (χ1) is 3.48. The largest absolute Gasteiger partial charge is 0.365 e. The van der Waals surface area contributed by atoms with Crippen molar-refractivity contribution >= 4 is 23.2 Å². The summed E-state index contributed by atoms with van der Waals surface area (Å²) in [6.07, 6.45) is 0. The number of hydrogen-bond acceptors (Lipinski definition) is 0. The second kappa shape index (κ2) is 2.49. The predicted octanol–water partition coefficient (Wildman–Crippen LogP) is 2.73. The maximum Gasteiger partial charge on any atom is 0.365 e. The summed E-state index contributed by atoms with van der Waals surface area (Å²) in [4.78, 5) is 0. The fraction of sp³-hybridized carbons (Fsp3) is 0.250. The molecular weight excluding hydrogens is 157 g/mol. The second-order valence-corrected chi connectivity index (χ2v) is 1.84. The van der Waals surface area contributed by atoms with E-state index in [9.17, 15) is 8.78 Å². The summed E-state index contributed by atoms with van der Waals surface area (Å²) >= 11 is 9.18. The van der Waals surface area contributed by atoms with Crippen molar-refractivity contribution in [2.45, 2.75) is 5.38 Å². The van der Waals surface area contributed by atoms with Crippen molar-refractivity contribution in [2.24, 2.45) is 0 Å². The van der Waals surface area contributed by atoms with Crippen LogP contribution in [0.3, 0.4) is 0 Å². The lowest BCUT2D eigenvalue weighted by Crippen LogP contribution is -2.03. The average molecular weight is 159 g/mol. The van der Waals surface area contributed by atoms with E-state index in [0.717, 1.165) is 0 Å². The fourth-order valence-corrected chi connectivity index (χ4v) is 0.167. The molecule has 8 heavy (non-hydrogen) atoms. The molecule has 0 heterocycles. The van der Waals surface area contributed by atoms with Crippen molar-refractivity contribution in [2.75, 3.05) is 0 Å². The molecule has 0 nitrogen and oxygen atoms in total. The SMILES string of the molecule is C=C=C(Cl)C(F)(F)Cl. The number of allylic oxidation sites excluding steroid dienone is 1. The molecule has 0 amide bonds. The summed E-state index contributed by atoms with van der Waals surface area (Å²) in [7, 11) is 0. The molecular formula is C4H2Cl2F2. The number of rotatable bonds is 1. The average Bonchev–Trinajstić information content (AvgIpc) is 1.62. The van der Waals surface area contributed by atoms with Crippen LogP contribution < -0.4 is 0 Å². The van der Waals surface area contributed by atoms with E-state index >= 15 is 0 Å². The normalized spacial score (nSPS) is 10.5. The van der Waals surface area contributed by atoms with Crippen molar-refractivity contribution in [1.82, 2.24) is 0 Å². The minimum absolute atomic E-state index is 0.876. The topological polar surface area (TPSA) is 0 Å². The van der Waals surface area contributed by atoms with Gasteiger partial charge in [0.15, 0.2) is 0 Å². The highest BCUT2D eigenvalue weighted by atomic mass is 35.5. The highest BCUT2D eigenvalue weighted by molar-refractivity contribution is 6.37. The molecule has 0 saturated carbocycles. The zero-order valence-electron chi connectivity index (χ0n) is 3.72. The summed E-state index contributed by atoms with van der Waals surface area (Å²) in [5, 5.41) is -4.39. The molecule has 46 valence electrons. The molecule has 0 aliphatic rings. The molecule has 0 N–H and O–H groups in total. The van der Waals surface area contributed by atoms with E-state index < -0.39 is 10.4 Å². The monoisotopic (exact) mass is 158 g/mol. The molecule has 0 spiro atoms. The highest BCUT2D eigenvalue weighted by Crippen LogP contribution is 2.29. The minimum atomic E-state index is -3.51. The molecule has 4 heteroatoms. The van der Waals surface area contributed by atoms with E-state index in [2.05, 4.69) is 18.2 Å². The first-order valence-corrected chi connectivity index (χ1v) is 2.37. The Hall–Kier alpha value is -0.0400. The van der Waals surface area contributed by atoms with Crippen LogP contribution in [-0.2, 0) is 0 Å². The zero-order chi connectivity index (χ0) is 6.78. The lowest BCUT2D eigenvalue weighted by atomic mass is 10.6. The van der Waals surface area contributed by atoms with Crippen molar-refractivity contribution in [3.8, 4) is 0 Å². The quantitative estimate of drug-likeness (QED) is 0.407. The van der Waals surface area contributed by atoms with E-state index in [0.29, 0.717) is 0 Å². The Kier molecular flexibility index (Phi) is 2.48. The van der Waals surface area contributed by atoms with E-state index in [1.54, 1.807) is 5.73 Å². The van der Waals surface area contributed by atoms with Crippen LogP contribution in [0, 0.1) is 0 Å². The van der Waals surface area contributed by atoms with Crippen molar-refractivity contribution in [1.29, 1.82) is 0 Å². The van der Waals surface area contributed by atoms with Crippen LogP contribution in [-0.4, -0.2) is 5.38 Å². The first kappa shape index (κ1) is 7.96. The molecule has 0 fully saturated rings. The van der Waals surface area contributed by atoms with Gasteiger partial charge in [0.1, 0.15) is 5.03 Å². The minimum Gasteiger partial charge on any atom is -0.181 e. The van der Waals surface area contributed by atoms with Gasteiger partial charge in [-0.05, 0) is 11.6 Å². The number of hydrogen-bond donors (Lipinski definition) is 0. The van der Waals surface area contributed by atoms with Gasteiger partial charge in [0.2, 0.25) is 0 Å². The van der Waals surface area contributed by atoms with E-state index in [-0.39, 0.29) is 0 Å². The molecule has 0 rings (SSSR count). The Morgan fingerprint density at radius 2 is 2.00 bits per heavy atom. The molecule has 0 aliphatic heterocycles. The molecule has 0 saturated heterocycles. The van der Waals surface area contributed by atoms with Crippen LogP contribution in [0.4, 0.5) is 8.78 Å². The van der Waals surface area contributed by atoms with Crippen LogP contribution in [0.2, 0.25) is 0 Å². The van der Waals surface area contributed by atoms with Gasteiger partial charge >= 0.3 is 5.38 Å². The smallest absolute Gasteiger partial charge is 0.181 e. The van der Waals surface area contributed by atoms with E-state index in [4.69, 9.17) is 11.6 Å². The Balaban J connectivity index is 4.26. The van der Waals surface area contributed by atoms with Crippen LogP contribution in [0.15, 0.2) is 17.3 Å². The van der Waals surface area contributed by atoms with Crippen molar-refractivity contribution < 1.29 is 8.78 Å². The van der Waals surface area contributed by atoms with Gasteiger partial charge in [-0.2, -0.15) is 8.78 Å². The third-order valence-corrected chi connectivity index (χ3v) is 1.06. The Labute approximate surface area is 55.4 Å². The maximum absolute atomic E-state index is 11.6. The maximum atomic E-state index is 11.6. The third kappa shape index (κ3) is 2.31.